The van der Waals surface area contributed by atoms with Gasteiger partial charge in [-0.3, -0.25) is 9.55 Å². The van der Waals surface area contributed by atoms with Crippen LogP contribution in [-0.2, 0) is 37.3 Å². The van der Waals surface area contributed by atoms with Gasteiger partial charge < -0.3 is 5.11 Å². The van der Waals surface area contributed by atoms with Crippen LogP contribution in [0.15, 0.2) is 182 Å². The quantitative estimate of drug-likeness (QED) is 0.154. The molecule has 0 aliphatic carbocycles. The normalized spacial score (nSPS) is 15.1. The van der Waals surface area contributed by atoms with Crippen molar-refractivity contribution in [1.29, 1.82) is 0 Å². The van der Waals surface area contributed by atoms with Gasteiger partial charge in [-0.1, -0.05) is 212 Å². The second-order valence-electron chi connectivity index (χ2n) is 20.8. The van der Waals surface area contributed by atoms with Crippen LogP contribution in [0.5, 0.6) is 5.75 Å². The number of hydrogen-bond donors (Lipinski definition) is 1. The van der Waals surface area contributed by atoms with Gasteiger partial charge in [0, 0.05) is 55.0 Å². The van der Waals surface area contributed by atoms with Crippen molar-refractivity contribution in [3.05, 3.63) is 216 Å². The number of imidazole rings is 1. The van der Waals surface area contributed by atoms with E-state index in [0.29, 0.717) is 67.2 Å². The van der Waals surface area contributed by atoms with Crippen molar-refractivity contribution < 1.29 is 42.6 Å². The smallest absolute Gasteiger partial charge is 0.148 e. The number of fused-ring (bicyclic) bond motifs is 1. The number of hydrogen-bond acceptors (Lipinski definition) is 3. The van der Waals surface area contributed by atoms with Crippen LogP contribution in [0.3, 0.4) is 0 Å². The molecule has 73 heavy (non-hydrogen) atoms. The maximum atomic E-state index is 12.5. The van der Waals surface area contributed by atoms with Crippen LogP contribution in [-0.4, -0.2) is 19.6 Å². The van der Waals surface area contributed by atoms with E-state index >= 15 is 0 Å². The molecule has 0 saturated carbocycles. The number of para-hydroxylation sites is 1. The van der Waals surface area contributed by atoms with Crippen LogP contribution in [0.2, 0.25) is 0 Å². The summed E-state index contributed by atoms with van der Waals surface area (Å²) in [5.41, 5.74) is 9.16. The third kappa shape index (κ3) is 10.0. The number of pyridine rings is 1. The molecular formula is C68H64N3OPt-. The Labute approximate surface area is 464 Å². The molecular weight excluding hydrogens is 1070 g/mol. The summed E-state index contributed by atoms with van der Waals surface area (Å²) in [6.45, 7) is 1.65. The summed E-state index contributed by atoms with van der Waals surface area (Å²) in [6, 6.07) is 58.1. The maximum absolute atomic E-state index is 12.5. The van der Waals surface area contributed by atoms with E-state index in [1.54, 1.807) is 18.3 Å². The van der Waals surface area contributed by atoms with E-state index in [0.717, 1.165) is 44.5 Å². The first-order chi connectivity index (χ1) is 39.3. The van der Waals surface area contributed by atoms with Gasteiger partial charge in [-0.2, -0.15) is 0 Å². The summed E-state index contributed by atoms with van der Waals surface area (Å²) in [6.07, 6.45) is 1.62. The Hall–Kier alpha value is -7.13. The summed E-state index contributed by atoms with van der Waals surface area (Å²) in [7, 11) is 0. The molecule has 0 unspecified atom stereocenters. The Morgan fingerprint density at radius 3 is 1.86 bits per heavy atom. The first-order valence-electron chi connectivity index (χ1n) is 30.2. The zero-order valence-electron chi connectivity index (χ0n) is 53.9. The average molecular weight is 1150 g/mol. The number of rotatable bonds is 8. The molecule has 0 fully saturated rings. The van der Waals surface area contributed by atoms with Gasteiger partial charge in [0.05, 0.1) is 22.3 Å². The zero-order chi connectivity index (χ0) is 60.7. The Bertz CT molecular complexity index is 4080. The minimum absolute atomic E-state index is 0. The fraction of sp³-hybridized carbons (Fsp3) is 0.206. The molecule has 8 aromatic carbocycles. The van der Waals surface area contributed by atoms with Crippen molar-refractivity contribution >= 4 is 11.0 Å². The van der Waals surface area contributed by atoms with E-state index < -0.39 is 38.2 Å². The van der Waals surface area contributed by atoms with Crippen LogP contribution in [0, 0.1) is 19.8 Å². The minimum atomic E-state index is -3.41. The molecule has 10 aromatic rings. The SMILES string of the molecule is [2H]C([2H])([2H])c1cc(-c2c(-c3ccccc3)cccc2C(C)(C)C)ccc1-n1c(-c2cc(C)cc(C(C)(C)C)c2O)nc2c(-c3[c-]c(-c4cc(-c5ccc(C(C([2H])([2H])[2H])(C([2H])([2H])[2H])C([2H])([2H])[2H])cc5)ccn4)cc(-c4ccccc4)c3)cccc21.[Pt]. The molecule has 1 N–H and O–H groups in total. The van der Waals surface area contributed by atoms with E-state index in [2.05, 4.69) is 51.1 Å². The molecule has 2 heterocycles. The summed E-state index contributed by atoms with van der Waals surface area (Å²) in [5, 5.41) is 12.5. The first-order valence-corrected chi connectivity index (χ1v) is 24.2. The topological polar surface area (TPSA) is 50.9 Å². The monoisotopic (exact) mass is 1150 g/mol. The number of phenolic OH excluding ortho intramolecular Hbond substituents is 1. The van der Waals surface area contributed by atoms with Crippen LogP contribution < -0.4 is 0 Å². The standard InChI is InChI=1S/C68H64N3O.Pt/c1-43-36-56(64(72)58(37-43)68(9,10)11)65-70-63-55(51-39-50(45-20-14-12-15-21-45)40-52(41-51)59-42-48(34-35-69-59)46-28-31-53(32-29-46)66(3,4)5)25-19-27-61(63)71(65)60-33-30-49(38-44(60)2)62-54(47-22-16-13-17-23-47)24-18-26-57(62)67(6,7)8;/h12-40,42,72H,1-11H3;/q-1;/i2D3,3D3,4D3,5D3;. The van der Waals surface area contributed by atoms with Crippen molar-refractivity contribution in [1.82, 2.24) is 14.5 Å². The van der Waals surface area contributed by atoms with Crippen LogP contribution in [0.4, 0.5) is 0 Å². The van der Waals surface area contributed by atoms with Gasteiger partial charge in [-0.15, -0.1) is 23.8 Å². The van der Waals surface area contributed by atoms with E-state index in [1.807, 2.05) is 148 Å². The Balaban J connectivity index is 0.00000865. The van der Waals surface area contributed by atoms with E-state index in [1.165, 1.54) is 24.3 Å². The van der Waals surface area contributed by atoms with Gasteiger partial charge in [0.15, 0.2) is 0 Å². The molecule has 0 spiro atoms. The molecule has 0 aliphatic heterocycles. The van der Waals surface area contributed by atoms with Gasteiger partial charge >= 0.3 is 0 Å². The minimum Gasteiger partial charge on any atom is -0.507 e. The summed E-state index contributed by atoms with van der Waals surface area (Å²) >= 11 is 0. The Kier molecular flexibility index (Phi) is 10.1. The molecule has 0 atom stereocenters. The van der Waals surface area contributed by atoms with Crippen molar-refractivity contribution in [3.8, 4) is 89.7 Å². The van der Waals surface area contributed by atoms with Crippen LogP contribution in [0.25, 0.3) is 95.0 Å². The average Bonchev–Trinajstić information content (AvgIpc) is 1.53. The van der Waals surface area contributed by atoms with Gasteiger partial charge in [0.1, 0.15) is 11.6 Å². The number of nitrogens with zero attached hydrogens (tertiary/aromatic N) is 3. The van der Waals surface area contributed by atoms with Crippen molar-refractivity contribution in [2.45, 2.75) is 92.1 Å². The van der Waals surface area contributed by atoms with Crippen LogP contribution in [0.1, 0.15) is 106 Å². The number of aromatic nitrogens is 3. The Morgan fingerprint density at radius 2 is 1.18 bits per heavy atom. The van der Waals surface area contributed by atoms with Crippen molar-refractivity contribution in [2.75, 3.05) is 0 Å². The number of benzene rings is 8. The second-order valence-corrected chi connectivity index (χ2v) is 20.8. The predicted octanol–water partition coefficient (Wildman–Crippen LogP) is 18.1. The molecule has 0 saturated heterocycles. The largest absolute Gasteiger partial charge is 0.507 e. The Morgan fingerprint density at radius 1 is 0.534 bits per heavy atom. The van der Waals surface area contributed by atoms with E-state index in [-0.39, 0.29) is 43.4 Å². The summed E-state index contributed by atoms with van der Waals surface area (Å²) < 4.78 is 104. The number of aromatic hydroxyl groups is 1. The predicted molar refractivity (Wildman–Crippen MR) is 303 cm³/mol. The van der Waals surface area contributed by atoms with Gasteiger partial charge in [-0.05, 0) is 122 Å². The molecule has 368 valence electrons. The third-order valence-corrected chi connectivity index (χ3v) is 13.4. The molecule has 0 amide bonds. The molecule has 0 aliphatic rings. The molecule has 5 heteroatoms. The van der Waals surface area contributed by atoms with E-state index in [4.69, 9.17) is 22.3 Å². The molecule has 0 radical (unpaired) electrons. The second kappa shape index (κ2) is 19.7. The van der Waals surface area contributed by atoms with Crippen LogP contribution >= 0.6 is 0 Å². The third-order valence-electron chi connectivity index (χ3n) is 13.4. The first kappa shape index (κ1) is 37.6. The zero-order valence-corrected chi connectivity index (χ0v) is 44.2. The maximum Gasteiger partial charge on any atom is 0.148 e. The van der Waals surface area contributed by atoms with E-state index in [9.17, 15) is 9.22 Å². The van der Waals surface area contributed by atoms with Gasteiger partial charge in [0.25, 0.3) is 0 Å². The number of aryl methyl sites for hydroxylation is 2. The molecule has 2 aromatic heterocycles. The molecule has 0 bridgehead atoms. The molecule has 10 rings (SSSR count). The van der Waals surface area contributed by atoms with Crippen molar-refractivity contribution in [3.63, 3.8) is 0 Å². The van der Waals surface area contributed by atoms with Gasteiger partial charge in [-0.25, -0.2) is 4.98 Å². The number of phenols is 1. The summed E-state index contributed by atoms with van der Waals surface area (Å²) in [4.78, 5) is 10.3. The summed E-state index contributed by atoms with van der Waals surface area (Å²) in [5.74, 6) is 0.354. The van der Waals surface area contributed by atoms with Crippen molar-refractivity contribution in [2.24, 2.45) is 0 Å². The fourth-order valence-corrected chi connectivity index (χ4v) is 9.82. The molecule has 4 nitrogen and oxygen atoms in total. The van der Waals surface area contributed by atoms with Gasteiger partial charge in [0.2, 0.25) is 0 Å². The fourth-order valence-electron chi connectivity index (χ4n) is 9.82.